The molecule has 2 bridgehead atoms. The summed E-state index contributed by atoms with van der Waals surface area (Å²) in [6.07, 6.45) is 2.25. The standard InChI is InChI=1S/C30H24ClF4N7O3/c1-15-3-2-4-18(21-11-16(9-10-36-21)26-22(38-28(15)43)13-37-42(26)30(34)35)19-6-8-25(45-29(19)44)20-12-17(31)5-7-24(20)41-14-23(27(32)33)39-40-41/h5-15,18,27,30H,2-4H2,1H3,(H,38,43). The molecule has 5 heterocycles. The third-order valence-corrected chi connectivity index (χ3v) is 7.90. The predicted molar refractivity (Wildman–Crippen MR) is 155 cm³/mol. The summed E-state index contributed by atoms with van der Waals surface area (Å²) in [6, 6.07) is 10.8. The molecule has 0 saturated heterocycles. The maximum absolute atomic E-state index is 13.9. The third kappa shape index (κ3) is 5.97. The van der Waals surface area contributed by atoms with Crippen molar-refractivity contribution in [3.8, 4) is 28.3 Å². The van der Waals surface area contributed by atoms with Crippen molar-refractivity contribution in [3.63, 3.8) is 0 Å². The van der Waals surface area contributed by atoms with Gasteiger partial charge in [-0.25, -0.2) is 22.9 Å². The van der Waals surface area contributed by atoms with Crippen LogP contribution in [-0.4, -0.2) is 35.7 Å². The second-order valence-electron chi connectivity index (χ2n) is 10.6. The second-order valence-corrected chi connectivity index (χ2v) is 11.0. The molecule has 1 amide bonds. The van der Waals surface area contributed by atoms with Crippen LogP contribution in [0.2, 0.25) is 5.02 Å². The lowest BCUT2D eigenvalue weighted by Crippen LogP contribution is -2.22. The summed E-state index contributed by atoms with van der Waals surface area (Å²) >= 11 is 6.23. The van der Waals surface area contributed by atoms with Crippen molar-refractivity contribution in [3.05, 3.63) is 93.4 Å². The SMILES string of the molecule is CC1CCCC(c2ccc(-c3cc(Cl)ccc3-n3cc(C(F)F)nn3)oc2=O)c2cc(ccn2)-c2c(cnn2C(F)F)NC1=O. The van der Waals surface area contributed by atoms with Gasteiger partial charge in [0.2, 0.25) is 5.91 Å². The summed E-state index contributed by atoms with van der Waals surface area (Å²) in [5.41, 5.74) is 0.543. The quantitative estimate of drug-likeness (QED) is 0.205. The number of rotatable bonds is 5. The average Bonchev–Trinajstić information content (AvgIpc) is 3.67. The molecule has 10 nitrogen and oxygen atoms in total. The highest BCUT2D eigenvalue weighted by molar-refractivity contribution is 6.31. The number of carbonyl (C=O) groups is 1. The van der Waals surface area contributed by atoms with E-state index in [1.54, 1.807) is 25.1 Å². The van der Waals surface area contributed by atoms with Crippen LogP contribution in [0.5, 0.6) is 0 Å². The zero-order chi connectivity index (χ0) is 31.8. The van der Waals surface area contributed by atoms with Gasteiger partial charge in [-0.1, -0.05) is 30.2 Å². The Hall–Kier alpha value is -4.85. The molecule has 5 aromatic rings. The lowest BCUT2D eigenvalue weighted by molar-refractivity contribution is -0.119. The van der Waals surface area contributed by atoms with Crippen LogP contribution in [0.3, 0.4) is 0 Å². The van der Waals surface area contributed by atoms with Crippen LogP contribution in [0, 0.1) is 5.92 Å². The van der Waals surface area contributed by atoms with E-state index in [2.05, 4.69) is 25.7 Å². The number of halogens is 5. The number of benzene rings is 1. The van der Waals surface area contributed by atoms with Crippen LogP contribution in [0.25, 0.3) is 28.3 Å². The highest BCUT2D eigenvalue weighted by Gasteiger charge is 2.27. The van der Waals surface area contributed by atoms with Crippen LogP contribution in [0.1, 0.15) is 62.0 Å². The molecule has 15 heteroatoms. The van der Waals surface area contributed by atoms with Gasteiger partial charge in [0, 0.05) is 45.4 Å². The van der Waals surface area contributed by atoms with Crippen LogP contribution in [-0.2, 0) is 4.79 Å². The molecular weight excluding hydrogens is 618 g/mol. The molecule has 0 fully saturated rings. The number of hydrogen-bond acceptors (Lipinski definition) is 7. The van der Waals surface area contributed by atoms with Gasteiger partial charge in [0.15, 0.2) is 0 Å². The number of carbonyl (C=O) groups excluding carboxylic acids is 1. The molecule has 0 saturated carbocycles. The zero-order valence-electron chi connectivity index (χ0n) is 23.5. The Kier molecular flexibility index (Phi) is 8.23. The molecule has 6 rings (SSSR count). The highest BCUT2D eigenvalue weighted by Crippen LogP contribution is 2.37. The molecule has 0 spiro atoms. The molecule has 45 heavy (non-hydrogen) atoms. The van der Waals surface area contributed by atoms with Gasteiger partial charge in [0.25, 0.3) is 6.43 Å². The van der Waals surface area contributed by atoms with Gasteiger partial charge >= 0.3 is 12.2 Å². The summed E-state index contributed by atoms with van der Waals surface area (Å²) in [7, 11) is 0. The van der Waals surface area contributed by atoms with E-state index >= 15 is 0 Å². The summed E-state index contributed by atoms with van der Waals surface area (Å²) in [4.78, 5) is 31.0. The Morgan fingerprint density at radius 1 is 1.07 bits per heavy atom. The number of nitrogens with one attached hydrogen (secondary N) is 1. The van der Waals surface area contributed by atoms with Gasteiger partial charge in [0.05, 0.1) is 29.5 Å². The minimum Gasteiger partial charge on any atom is -0.422 e. The summed E-state index contributed by atoms with van der Waals surface area (Å²) in [5.74, 6) is -1.31. The first-order valence-corrected chi connectivity index (χ1v) is 14.3. The van der Waals surface area contributed by atoms with Crippen molar-refractivity contribution in [2.24, 2.45) is 5.92 Å². The van der Waals surface area contributed by atoms with Crippen molar-refractivity contribution in [2.75, 3.05) is 5.32 Å². The topological polar surface area (TPSA) is 121 Å². The molecule has 232 valence electrons. The lowest BCUT2D eigenvalue weighted by Gasteiger charge is -2.20. The Morgan fingerprint density at radius 2 is 1.89 bits per heavy atom. The number of amides is 1. The molecule has 1 aromatic carbocycles. The number of fused-ring (bicyclic) bond motifs is 4. The number of anilines is 1. The van der Waals surface area contributed by atoms with Gasteiger partial charge in [-0.3, -0.25) is 9.78 Å². The molecule has 4 aromatic heterocycles. The molecule has 0 aliphatic carbocycles. The van der Waals surface area contributed by atoms with E-state index in [1.165, 1.54) is 36.7 Å². The van der Waals surface area contributed by atoms with Crippen molar-refractivity contribution in [2.45, 2.75) is 45.1 Å². The minimum atomic E-state index is -2.97. The van der Waals surface area contributed by atoms with Crippen LogP contribution < -0.4 is 10.9 Å². The van der Waals surface area contributed by atoms with Crippen molar-refractivity contribution in [1.82, 2.24) is 29.8 Å². The Balaban J connectivity index is 1.43. The normalized spacial score (nSPS) is 17.1. The first kappa shape index (κ1) is 30.2. The van der Waals surface area contributed by atoms with Gasteiger partial charge < -0.3 is 9.73 Å². The Labute approximate surface area is 257 Å². The van der Waals surface area contributed by atoms with E-state index in [9.17, 15) is 27.2 Å². The monoisotopic (exact) mass is 641 g/mol. The maximum Gasteiger partial charge on any atom is 0.340 e. The number of alkyl halides is 4. The van der Waals surface area contributed by atoms with Crippen LogP contribution in [0.4, 0.5) is 23.2 Å². The van der Waals surface area contributed by atoms with E-state index < -0.39 is 36.1 Å². The first-order valence-electron chi connectivity index (χ1n) is 13.9. The van der Waals surface area contributed by atoms with Crippen molar-refractivity contribution < 1.29 is 26.8 Å². The number of hydrogen-bond donors (Lipinski definition) is 1. The molecule has 1 aliphatic heterocycles. The maximum atomic E-state index is 13.9. The summed E-state index contributed by atoms with van der Waals surface area (Å²) < 4.78 is 61.6. The molecular formula is C30H24ClF4N7O3. The van der Waals surface area contributed by atoms with E-state index in [1.807, 2.05) is 0 Å². The fourth-order valence-electron chi connectivity index (χ4n) is 5.38. The van der Waals surface area contributed by atoms with Crippen molar-refractivity contribution in [1.29, 1.82) is 0 Å². The number of nitrogens with zero attached hydrogens (tertiary/aromatic N) is 6. The van der Waals surface area contributed by atoms with E-state index in [0.717, 1.165) is 10.9 Å². The first-order chi connectivity index (χ1) is 21.6. The van der Waals surface area contributed by atoms with Crippen LogP contribution >= 0.6 is 11.6 Å². The number of aromatic nitrogens is 6. The van der Waals surface area contributed by atoms with Gasteiger partial charge in [-0.15, -0.1) is 5.10 Å². The molecule has 2 unspecified atom stereocenters. The third-order valence-electron chi connectivity index (χ3n) is 7.66. The largest absolute Gasteiger partial charge is 0.422 e. The Morgan fingerprint density at radius 3 is 2.62 bits per heavy atom. The predicted octanol–water partition coefficient (Wildman–Crippen LogP) is 7.02. The molecule has 2 atom stereocenters. The van der Waals surface area contributed by atoms with Crippen molar-refractivity contribution >= 4 is 23.2 Å². The van der Waals surface area contributed by atoms with Gasteiger partial charge in [-0.2, -0.15) is 13.9 Å². The van der Waals surface area contributed by atoms with Gasteiger partial charge in [0.1, 0.15) is 11.5 Å². The molecule has 1 N–H and O–H groups in total. The average molecular weight is 642 g/mol. The van der Waals surface area contributed by atoms with Crippen LogP contribution in [0.15, 0.2) is 70.3 Å². The lowest BCUT2D eigenvalue weighted by atomic mass is 9.88. The molecule has 1 aliphatic rings. The summed E-state index contributed by atoms with van der Waals surface area (Å²) in [6.45, 7) is -1.24. The summed E-state index contributed by atoms with van der Waals surface area (Å²) in [5, 5.41) is 14.1. The highest BCUT2D eigenvalue weighted by atomic mass is 35.5. The zero-order valence-corrected chi connectivity index (χ0v) is 24.3. The fourth-order valence-corrected chi connectivity index (χ4v) is 5.55. The van der Waals surface area contributed by atoms with Gasteiger partial charge in [-0.05, 0) is 55.3 Å². The van der Waals surface area contributed by atoms with E-state index in [-0.39, 0.29) is 28.6 Å². The Bertz CT molecular complexity index is 1940. The number of pyridine rings is 1. The van der Waals surface area contributed by atoms with E-state index in [4.69, 9.17) is 16.0 Å². The van der Waals surface area contributed by atoms with E-state index in [0.29, 0.717) is 51.5 Å². The smallest absolute Gasteiger partial charge is 0.340 e. The second kappa shape index (κ2) is 12.3. The minimum absolute atomic E-state index is 0.00695. The molecule has 0 radical (unpaired) electrons. The fraction of sp³-hybridized carbons (Fsp3) is 0.267.